The SMILES string of the molecule is CCO[Si](OCC)(OCC)c1ccc2cc(-c3ccc4ccc5c(-c6ccc7ccccc7c6)ccc6ccc3c4c65)ccc2c1. The van der Waals surface area contributed by atoms with Crippen LogP contribution in [0, 0.1) is 0 Å². The molecule has 8 aromatic rings. The fourth-order valence-corrected chi connectivity index (χ4v) is 9.72. The summed E-state index contributed by atoms with van der Waals surface area (Å²) in [6.07, 6.45) is 0. The van der Waals surface area contributed by atoms with E-state index in [4.69, 9.17) is 13.3 Å². The zero-order valence-electron chi connectivity index (χ0n) is 26.5. The Balaban J connectivity index is 1.26. The van der Waals surface area contributed by atoms with Crippen LogP contribution in [0.5, 0.6) is 0 Å². The highest BCUT2D eigenvalue weighted by Crippen LogP contribution is 2.43. The smallest absolute Gasteiger partial charge is 0.370 e. The Labute approximate surface area is 270 Å². The fourth-order valence-electron chi connectivity index (χ4n) is 7.21. The van der Waals surface area contributed by atoms with E-state index < -0.39 is 8.80 Å². The van der Waals surface area contributed by atoms with E-state index in [1.807, 2.05) is 20.8 Å². The van der Waals surface area contributed by atoms with Gasteiger partial charge in [-0.3, -0.25) is 0 Å². The molecule has 3 nitrogen and oxygen atoms in total. The molecule has 0 fully saturated rings. The number of benzene rings is 8. The lowest BCUT2D eigenvalue weighted by atomic mass is 9.87. The van der Waals surface area contributed by atoms with Gasteiger partial charge in [-0.2, -0.15) is 0 Å². The average molecular weight is 617 g/mol. The number of rotatable bonds is 9. The summed E-state index contributed by atoms with van der Waals surface area (Å²) in [6.45, 7) is 7.61. The highest BCUT2D eigenvalue weighted by molar-refractivity contribution is 6.75. The van der Waals surface area contributed by atoms with E-state index in [9.17, 15) is 0 Å². The van der Waals surface area contributed by atoms with Crippen LogP contribution in [0.25, 0.3) is 76.1 Å². The van der Waals surface area contributed by atoms with Gasteiger partial charge in [0, 0.05) is 25.0 Å². The summed E-state index contributed by atoms with van der Waals surface area (Å²) in [4.78, 5) is 0. The third kappa shape index (κ3) is 4.69. The first-order chi connectivity index (χ1) is 22.6. The van der Waals surface area contributed by atoms with Gasteiger partial charge in [0.15, 0.2) is 0 Å². The molecule has 4 heteroatoms. The third-order valence-electron chi connectivity index (χ3n) is 9.23. The van der Waals surface area contributed by atoms with Gasteiger partial charge in [-0.1, -0.05) is 109 Å². The van der Waals surface area contributed by atoms with Crippen LogP contribution in [-0.4, -0.2) is 28.6 Å². The van der Waals surface area contributed by atoms with Gasteiger partial charge >= 0.3 is 8.80 Å². The molecule has 0 aliphatic carbocycles. The second kappa shape index (κ2) is 11.7. The molecule has 8 rings (SSSR count). The molecule has 0 aromatic heterocycles. The minimum absolute atomic E-state index is 0.543. The molecule has 226 valence electrons. The molecule has 0 bridgehead atoms. The molecule has 0 aliphatic heterocycles. The molecular formula is C42H36O3Si. The van der Waals surface area contributed by atoms with E-state index in [0.717, 1.165) is 10.6 Å². The zero-order chi connectivity index (χ0) is 31.3. The van der Waals surface area contributed by atoms with Gasteiger partial charge in [-0.15, -0.1) is 0 Å². The normalized spacial score (nSPS) is 12.3. The average Bonchev–Trinajstić information content (AvgIpc) is 3.10. The first-order valence-corrected chi connectivity index (χ1v) is 18.0. The quantitative estimate of drug-likeness (QED) is 0.119. The molecule has 0 unspecified atom stereocenters. The van der Waals surface area contributed by atoms with Crippen molar-refractivity contribution < 1.29 is 13.3 Å². The molecule has 0 saturated carbocycles. The van der Waals surface area contributed by atoms with E-state index in [2.05, 4.69) is 127 Å². The first-order valence-electron chi connectivity index (χ1n) is 16.3. The molecule has 0 atom stereocenters. The van der Waals surface area contributed by atoms with E-state index in [-0.39, 0.29) is 0 Å². The van der Waals surface area contributed by atoms with Crippen LogP contribution in [0.3, 0.4) is 0 Å². The van der Waals surface area contributed by atoms with Crippen LogP contribution in [-0.2, 0) is 13.3 Å². The summed E-state index contributed by atoms with van der Waals surface area (Å²) >= 11 is 0. The summed E-state index contributed by atoms with van der Waals surface area (Å²) < 4.78 is 18.6. The largest absolute Gasteiger partial charge is 0.537 e. The van der Waals surface area contributed by atoms with Crippen molar-refractivity contribution in [3.05, 3.63) is 127 Å². The van der Waals surface area contributed by atoms with Crippen LogP contribution in [0.2, 0.25) is 0 Å². The van der Waals surface area contributed by atoms with Crippen LogP contribution in [0.15, 0.2) is 127 Å². The summed E-state index contributed by atoms with van der Waals surface area (Å²) in [5.41, 5.74) is 4.96. The van der Waals surface area contributed by atoms with Gasteiger partial charge in [0.05, 0.1) is 0 Å². The van der Waals surface area contributed by atoms with Crippen molar-refractivity contribution in [2.24, 2.45) is 0 Å². The molecule has 0 spiro atoms. The maximum atomic E-state index is 6.19. The van der Waals surface area contributed by atoms with Gasteiger partial charge in [0.1, 0.15) is 0 Å². The van der Waals surface area contributed by atoms with E-state index in [1.54, 1.807) is 0 Å². The van der Waals surface area contributed by atoms with Crippen LogP contribution >= 0.6 is 0 Å². The van der Waals surface area contributed by atoms with Gasteiger partial charge in [0.25, 0.3) is 0 Å². The van der Waals surface area contributed by atoms with Crippen LogP contribution in [0.1, 0.15) is 20.8 Å². The van der Waals surface area contributed by atoms with Crippen LogP contribution in [0.4, 0.5) is 0 Å². The Kier molecular flexibility index (Phi) is 7.31. The summed E-state index contributed by atoms with van der Waals surface area (Å²) in [5.74, 6) is 0. The van der Waals surface area contributed by atoms with Crippen molar-refractivity contribution in [3.8, 4) is 22.3 Å². The lowest BCUT2D eigenvalue weighted by molar-refractivity contribution is 0.0859. The highest BCUT2D eigenvalue weighted by Gasteiger charge is 2.43. The second-order valence-electron chi connectivity index (χ2n) is 11.8. The number of hydrogen-bond acceptors (Lipinski definition) is 3. The lowest BCUT2D eigenvalue weighted by Crippen LogP contribution is -2.56. The van der Waals surface area contributed by atoms with Gasteiger partial charge in [-0.05, 0) is 115 Å². The van der Waals surface area contributed by atoms with Crippen molar-refractivity contribution in [1.29, 1.82) is 0 Å². The van der Waals surface area contributed by atoms with Gasteiger partial charge in [0.2, 0.25) is 0 Å². The van der Waals surface area contributed by atoms with Crippen LogP contribution < -0.4 is 5.19 Å². The van der Waals surface area contributed by atoms with E-state index in [1.165, 1.54) is 70.7 Å². The Morgan fingerprint density at radius 3 is 1.41 bits per heavy atom. The predicted molar refractivity (Wildman–Crippen MR) is 196 cm³/mol. The van der Waals surface area contributed by atoms with E-state index >= 15 is 0 Å². The third-order valence-corrected chi connectivity index (χ3v) is 12.3. The summed E-state index contributed by atoms with van der Waals surface area (Å²) in [5, 5.41) is 13.6. The van der Waals surface area contributed by atoms with Crippen molar-refractivity contribution >= 4 is 67.9 Å². The summed E-state index contributed by atoms with van der Waals surface area (Å²) in [7, 11) is -2.98. The highest BCUT2D eigenvalue weighted by atomic mass is 28.4. The monoisotopic (exact) mass is 616 g/mol. The molecule has 0 N–H and O–H groups in total. The Bertz CT molecular complexity index is 2360. The topological polar surface area (TPSA) is 27.7 Å². The Morgan fingerprint density at radius 1 is 0.413 bits per heavy atom. The molecule has 0 aliphatic rings. The first kappa shape index (κ1) is 28.9. The standard InChI is InChI=1S/C42H36O3Si/c1-4-43-46(44-5-2,45-6-3)36-20-15-32-26-35(14-12-33(32)27-36)38-22-17-30-18-23-39-37(21-16-29-19-24-40(38)42(30)41(29)39)34-13-11-28-9-7-8-10-31(28)25-34/h7-27H,4-6H2,1-3H3. The second-order valence-corrected chi connectivity index (χ2v) is 14.4. The molecule has 8 aromatic carbocycles. The van der Waals surface area contributed by atoms with Crippen molar-refractivity contribution in [3.63, 3.8) is 0 Å². The molecule has 0 amide bonds. The molecule has 0 saturated heterocycles. The summed E-state index contributed by atoms with van der Waals surface area (Å²) in [6, 6.07) is 46.9. The zero-order valence-corrected chi connectivity index (χ0v) is 27.5. The molecule has 46 heavy (non-hydrogen) atoms. The minimum atomic E-state index is -2.98. The Hall–Kier alpha value is -4.58. The predicted octanol–water partition coefficient (Wildman–Crippen LogP) is 10.5. The maximum Gasteiger partial charge on any atom is 0.537 e. The maximum absolute atomic E-state index is 6.19. The fraction of sp³-hybridized carbons (Fsp3) is 0.143. The van der Waals surface area contributed by atoms with Crippen molar-refractivity contribution in [2.45, 2.75) is 20.8 Å². The van der Waals surface area contributed by atoms with Crippen molar-refractivity contribution in [1.82, 2.24) is 0 Å². The number of fused-ring (bicyclic) bond motifs is 2. The molecule has 0 radical (unpaired) electrons. The Morgan fingerprint density at radius 2 is 0.848 bits per heavy atom. The van der Waals surface area contributed by atoms with Gasteiger partial charge in [-0.25, -0.2) is 0 Å². The lowest BCUT2D eigenvalue weighted by Gasteiger charge is -2.28. The van der Waals surface area contributed by atoms with E-state index in [0.29, 0.717) is 19.8 Å². The minimum Gasteiger partial charge on any atom is -0.370 e. The number of hydrogen-bond donors (Lipinski definition) is 0. The van der Waals surface area contributed by atoms with Crippen molar-refractivity contribution in [2.75, 3.05) is 19.8 Å². The van der Waals surface area contributed by atoms with Gasteiger partial charge < -0.3 is 13.3 Å². The molecular weight excluding hydrogens is 581 g/mol. The molecule has 0 heterocycles.